The largest absolute Gasteiger partial charge is 0.380 e. The molecule has 0 amide bonds. The van der Waals surface area contributed by atoms with Crippen LogP contribution in [0.15, 0.2) is 0 Å². The minimum atomic E-state index is 0.234. The molecule has 2 unspecified atom stereocenters. The molecule has 2 N–H and O–H groups in total. The highest BCUT2D eigenvalue weighted by atomic mass is 16.5. The van der Waals surface area contributed by atoms with Gasteiger partial charge in [-0.3, -0.25) is 0 Å². The molecule has 0 spiro atoms. The number of piperidine rings is 1. The van der Waals surface area contributed by atoms with Crippen LogP contribution in [0.25, 0.3) is 0 Å². The number of rotatable bonds is 5. The van der Waals surface area contributed by atoms with E-state index < -0.39 is 0 Å². The maximum atomic E-state index is 5.56. The summed E-state index contributed by atoms with van der Waals surface area (Å²) in [6, 6.07) is 0.779. The van der Waals surface area contributed by atoms with Gasteiger partial charge in [0.25, 0.3) is 0 Å². The fraction of sp³-hybridized carbons (Fsp3) is 1.00. The number of hydrogen-bond donors (Lipinski definition) is 2. The highest BCUT2D eigenvalue weighted by Crippen LogP contribution is 2.18. The number of nitrogens with one attached hydrogen (secondary N) is 2. The van der Waals surface area contributed by atoms with Crippen LogP contribution in [0.5, 0.6) is 0 Å². The molecule has 0 aromatic heterocycles. The van der Waals surface area contributed by atoms with Gasteiger partial charge in [0.05, 0.1) is 6.61 Å². The highest BCUT2D eigenvalue weighted by molar-refractivity contribution is 4.85. The van der Waals surface area contributed by atoms with Crippen LogP contribution in [0.1, 0.15) is 51.9 Å². The predicted octanol–water partition coefficient (Wildman–Crippen LogP) is 2.07. The summed E-state index contributed by atoms with van der Waals surface area (Å²) in [6.45, 7) is 6.49. The Morgan fingerprint density at radius 2 is 2.29 bits per heavy atom. The summed E-state index contributed by atoms with van der Waals surface area (Å²) in [5.74, 6) is 0. The van der Waals surface area contributed by atoms with Gasteiger partial charge in [-0.1, -0.05) is 6.42 Å². The van der Waals surface area contributed by atoms with Crippen LogP contribution in [0.2, 0.25) is 0 Å². The Labute approximate surface area is 106 Å². The van der Waals surface area contributed by atoms with E-state index in [9.17, 15) is 0 Å². The topological polar surface area (TPSA) is 33.3 Å². The van der Waals surface area contributed by atoms with Crippen LogP contribution in [-0.4, -0.2) is 37.9 Å². The molecule has 3 nitrogen and oxygen atoms in total. The van der Waals surface area contributed by atoms with Crippen LogP contribution >= 0.6 is 0 Å². The second kappa shape index (κ2) is 6.72. The highest BCUT2D eigenvalue weighted by Gasteiger charge is 2.26. The molecule has 0 radical (unpaired) electrons. The molecule has 2 atom stereocenters. The molecule has 2 rings (SSSR count). The fourth-order valence-corrected chi connectivity index (χ4v) is 2.98. The van der Waals surface area contributed by atoms with Crippen molar-refractivity contribution in [1.82, 2.24) is 10.6 Å². The van der Waals surface area contributed by atoms with Crippen LogP contribution < -0.4 is 10.6 Å². The van der Waals surface area contributed by atoms with Crippen molar-refractivity contribution in [3.05, 3.63) is 0 Å². The van der Waals surface area contributed by atoms with E-state index in [2.05, 4.69) is 17.6 Å². The standard InChI is InChI=1S/C14H28N2O/c1-14(8-5-11-17-12-14)16-10-4-7-13-6-2-3-9-15-13/h13,15-16H,2-12H2,1H3. The van der Waals surface area contributed by atoms with E-state index in [4.69, 9.17) is 4.74 Å². The van der Waals surface area contributed by atoms with Gasteiger partial charge in [0.15, 0.2) is 0 Å². The molecule has 0 aromatic carbocycles. The van der Waals surface area contributed by atoms with Gasteiger partial charge in [-0.2, -0.15) is 0 Å². The first-order valence-corrected chi connectivity index (χ1v) is 7.35. The first-order valence-electron chi connectivity index (χ1n) is 7.35. The van der Waals surface area contributed by atoms with E-state index in [1.165, 1.54) is 51.5 Å². The van der Waals surface area contributed by atoms with Crippen molar-refractivity contribution in [2.45, 2.75) is 63.5 Å². The van der Waals surface area contributed by atoms with E-state index >= 15 is 0 Å². The smallest absolute Gasteiger partial charge is 0.0645 e. The molecule has 17 heavy (non-hydrogen) atoms. The second-order valence-electron chi connectivity index (χ2n) is 5.93. The van der Waals surface area contributed by atoms with Crippen molar-refractivity contribution in [2.24, 2.45) is 0 Å². The van der Waals surface area contributed by atoms with Crippen LogP contribution in [0.3, 0.4) is 0 Å². The Morgan fingerprint density at radius 3 is 3.00 bits per heavy atom. The molecule has 0 aromatic rings. The van der Waals surface area contributed by atoms with Gasteiger partial charge in [0.2, 0.25) is 0 Å². The SMILES string of the molecule is CC1(NCCCC2CCCCN2)CCCOC1. The summed E-state index contributed by atoms with van der Waals surface area (Å²) in [4.78, 5) is 0. The van der Waals surface area contributed by atoms with Crippen LogP contribution in [0, 0.1) is 0 Å². The molecule has 2 aliphatic heterocycles. The molecule has 0 aliphatic carbocycles. The van der Waals surface area contributed by atoms with Crippen molar-refractivity contribution >= 4 is 0 Å². The van der Waals surface area contributed by atoms with Gasteiger partial charge < -0.3 is 15.4 Å². The van der Waals surface area contributed by atoms with Gasteiger partial charge >= 0.3 is 0 Å². The maximum Gasteiger partial charge on any atom is 0.0645 e. The number of ether oxygens (including phenoxy) is 1. The van der Waals surface area contributed by atoms with E-state index in [-0.39, 0.29) is 5.54 Å². The van der Waals surface area contributed by atoms with E-state index in [0.717, 1.165) is 25.8 Å². The molecular formula is C14H28N2O. The Kier molecular flexibility index (Phi) is 5.26. The van der Waals surface area contributed by atoms with Crippen molar-refractivity contribution in [3.63, 3.8) is 0 Å². The third-order valence-corrected chi connectivity index (χ3v) is 4.13. The molecular weight excluding hydrogens is 212 g/mol. The Morgan fingerprint density at radius 1 is 1.35 bits per heavy atom. The molecule has 2 aliphatic rings. The van der Waals surface area contributed by atoms with Gasteiger partial charge in [-0.05, 0) is 58.5 Å². The monoisotopic (exact) mass is 240 g/mol. The molecule has 2 saturated heterocycles. The Bertz CT molecular complexity index is 208. The van der Waals surface area contributed by atoms with Crippen molar-refractivity contribution in [3.8, 4) is 0 Å². The van der Waals surface area contributed by atoms with E-state index in [1.807, 2.05) is 0 Å². The lowest BCUT2D eigenvalue weighted by Gasteiger charge is -2.34. The van der Waals surface area contributed by atoms with Gasteiger partial charge in [0.1, 0.15) is 0 Å². The zero-order valence-corrected chi connectivity index (χ0v) is 11.3. The summed E-state index contributed by atoms with van der Waals surface area (Å²) < 4.78 is 5.56. The lowest BCUT2D eigenvalue weighted by atomic mass is 9.94. The van der Waals surface area contributed by atoms with E-state index in [1.54, 1.807) is 0 Å². The predicted molar refractivity (Wildman–Crippen MR) is 71.3 cm³/mol. The molecule has 2 heterocycles. The quantitative estimate of drug-likeness (QED) is 0.722. The second-order valence-corrected chi connectivity index (χ2v) is 5.93. The van der Waals surface area contributed by atoms with Crippen molar-refractivity contribution in [2.75, 3.05) is 26.3 Å². The van der Waals surface area contributed by atoms with Gasteiger partial charge in [0, 0.05) is 18.2 Å². The first kappa shape index (κ1) is 13.3. The maximum absolute atomic E-state index is 5.56. The van der Waals surface area contributed by atoms with Crippen molar-refractivity contribution in [1.29, 1.82) is 0 Å². The zero-order chi connectivity index (χ0) is 12.0. The van der Waals surface area contributed by atoms with Crippen LogP contribution in [0.4, 0.5) is 0 Å². The molecule has 0 saturated carbocycles. The minimum absolute atomic E-state index is 0.234. The molecule has 0 bridgehead atoms. The lowest BCUT2D eigenvalue weighted by molar-refractivity contribution is 0.0285. The first-order chi connectivity index (χ1) is 8.29. The van der Waals surface area contributed by atoms with Gasteiger partial charge in [-0.15, -0.1) is 0 Å². The zero-order valence-electron chi connectivity index (χ0n) is 11.3. The minimum Gasteiger partial charge on any atom is -0.380 e. The molecule has 100 valence electrons. The third kappa shape index (κ3) is 4.57. The summed E-state index contributed by atoms with van der Waals surface area (Å²) in [5.41, 5.74) is 0.234. The van der Waals surface area contributed by atoms with E-state index in [0.29, 0.717) is 0 Å². The van der Waals surface area contributed by atoms with Gasteiger partial charge in [-0.25, -0.2) is 0 Å². The average molecular weight is 240 g/mol. The fourth-order valence-electron chi connectivity index (χ4n) is 2.98. The molecule has 3 heteroatoms. The summed E-state index contributed by atoms with van der Waals surface area (Å²) >= 11 is 0. The lowest BCUT2D eigenvalue weighted by Crippen LogP contribution is -2.49. The average Bonchev–Trinajstić information content (AvgIpc) is 2.37. The van der Waals surface area contributed by atoms with Crippen LogP contribution in [-0.2, 0) is 4.74 Å². The summed E-state index contributed by atoms with van der Waals surface area (Å²) in [7, 11) is 0. The van der Waals surface area contributed by atoms with Crippen molar-refractivity contribution < 1.29 is 4.74 Å². The number of hydrogen-bond acceptors (Lipinski definition) is 3. The summed E-state index contributed by atoms with van der Waals surface area (Å²) in [5, 5.41) is 7.30. The third-order valence-electron chi connectivity index (χ3n) is 4.13. The Balaban J connectivity index is 1.55. The summed E-state index contributed by atoms with van der Waals surface area (Å²) in [6.07, 6.45) is 9.22. The normalized spacial score (nSPS) is 34.8. The Hall–Kier alpha value is -0.120. The molecule has 2 fully saturated rings.